The van der Waals surface area contributed by atoms with Crippen LogP contribution >= 0.6 is 0 Å². The average Bonchev–Trinajstić information content (AvgIpc) is 2.35. The van der Waals surface area contributed by atoms with E-state index in [2.05, 4.69) is 4.74 Å². The number of hydrogen-bond acceptors (Lipinski definition) is 4. The summed E-state index contributed by atoms with van der Waals surface area (Å²) in [5, 5.41) is 0. The van der Waals surface area contributed by atoms with E-state index in [4.69, 9.17) is 5.73 Å². The van der Waals surface area contributed by atoms with Crippen LogP contribution in [0.1, 0.15) is 13.8 Å². The minimum Gasteiger partial charge on any atom is -0.439 e. The molecule has 0 aromatic heterocycles. The van der Waals surface area contributed by atoms with Gasteiger partial charge in [0.2, 0.25) is 0 Å². The van der Waals surface area contributed by atoms with E-state index < -0.39 is 6.09 Å². The van der Waals surface area contributed by atoms with E-state index >= 15 is 0 Å². The number of rotatable bonds is 3. The third-order valence-electron chi connectivity index (χ3n) is 2.09. The number of carbonyl (C=O) groups is 2. The van der Waals surface area contributed by atoms with Crippen LogP contribution in [0.2, 0.25) is 0 Å². The smallest absolute Gasteiger partial charge is 0.417 e. The highest BCUT2D eigenvalue weighted by atomic mass is 16.6. The van der Waals surface area contributed by atoms with Crippen molar-refractivity contribution in [1.29, 1.82) is 0 Å². The molecule has 0 bridgehead atoms. The first-order chi connectivity index (χ1) is 6.02. The Labute approximate surface area is 76.8 Å². The Morgan fingerprint density at radius 3 is 2.54 bits per heavy atom. The molecule has 1 aliphatic rings. The zero-order valence-corrected chi connectivity index (χ0v) is 7.82. The Hall–Kier alpha value is -1.10. The highest BCUT2D eigenvalue weighted by Gasteiger charge is 2.32. The van der Waals surface area contributed by atoms with E-state index in [0.29, 0.717) is 0 Å². The number of hydrogen-bond donors (Lipinski definition) is 1. The summed E-state index contributed by atoms with van der Waals surface area (Å²) in [4.78, 5) is 23.1. The van der Waals surface area contributed by atoms with Gasteiger partial charge in [0.05, 0.1) is 0 Å². The standard InChI is InChI=1S/C8H14N2O3/c1-5(2)6(9)3-10-7(11)4-13-8(10)12/h5-6H,3-4,9H2,1-2H3. The fraction of sp³-hybridized carbons (Fsp3) is 0.750. The topological polar surface area (TPSA) is 72.6 Å². The average molecular weight is 186 g/mol. The van der Waals surface area contributed by atoms with Gasteiger partial charge in [-0.15, -0.1) is 0 Å². The SMILES string of the molecule is CC(C)C(N)CN1C(=O)COC1=O. The zero-order valence-electron chi connectivity index (χ0n) is 7.82. The molecular formula is C8H14N2O3. The summed E-state index contributed by atoms with van der Waals surface area (Å²) in [6, 6.07) is -0.186. The van der Waals surface area contributed by atoms with E-state index in [9.17, 15) is 9.59 Å². The number of imide groups is 1. The molecule has 1 saturated heterocycles. The van der Waals surface area contributed by atoms with Crippen molar-refractivity contribution >= 4 is 12.0 Å². The Bertz CT molecular complexity index is 211. The van der Waals surface area contributed by atoms with E-state index in [1.54, 1.807) is 0 Å². The summed E-state index contributed by atoms with van der Waals surface area (Å²) in [5.41, 5.74) is 5.72. The van der Waals surface area contributed by atoms with Crippen LogP contribution in [0.3, 0.4) is 0 Å². The molecule has 2 N–H and O–H groups in total. The molecular weight excluding hydrogens is 172 g/mol. The molecule has 1 unspecified atom stereocenters. The number of amides is 2. The quantitative estimate of drug-likeness (QED) is 0.670. The van der Waals surface area contributed by atoms with Gasteiger partial charge < -0.3 is 10.5 Å². The van der Waals surface area contributed by atoms with E-state index in [0.717, 1.165) is 4.90 Å². The molecule has 1 rings (SSSR count). The number of nitrogens with zero attached hydrogens (tertiary/aromatic N) is 1. The lowest BCUT2D eigenvalue weighted by Gasteiger charge is -2.19. The fourth-order valence-electron chi connectivity index (χ4n) is 0.979. The normalized spacial score (nSPS) is 19.5. The summed E-state index contributed by atoms with van der Waals surface area (Å²) < 4.78 is 4.54. The Morgan fingerprint density at radius 1 is 1.54 bits per heavy atom. The van der Waals surface area contributed by atoms with E-state index in [1.165, 1.54) is 0 Å². The maximum Gasteiger partial charge on any atom is 0.417 e. The monoisotopic (exact) mass is 186 g/mol. The minimum absolute atomic E-state index is 0.149. The van der Waals surface area contributed by atoms with Crippen LogP contribution in [-0.4, -0.2) is 36.1 Å². The van der Waals surface area contributed by atoms with Gasteiger partial charge >= 0.3 is 6.09 Å². The molecule has 1 aliphatic heterocycles. The van der Waals surface area contributed by atoms with Crippen LogP contribution in [0.5, 0.6) is 0 Å². The second-order valence-electron chi connectivity index (χ2n) is 3.47. The Morgan fingerprint density at radius 2 is 2.15 bits per heavy atom. The van der Waals surface area contributed by atoms with Crippen LogP contribution < -0.4 is 5.73 Å². The van der Waals surface area contributed by atoms with Gasteiger partial charge in [-0.1, -0.05) is 13.8 Å². The number of cyclic esters (lactones) is 1. The van der Waals surface area contributed by atoms with Gasteiger partial charge in [-0.2, -0.15) is 0 Å². The first kappa shape index (κ1) is 9.98. The molecule has 0 aliphatic carbocycles. The molecule has 0 spiro atoms. The predicted octanol–water partition coefficient (Wildman–Crippen LogP) is -0.0515. The first-order valence-electron chi connectivity index (χ1n) is 4.25. The van der Waals surface area contributed by atoms with Crippen LogP contribution in [-0.2, 0) is 9.53 Å². The van der Waals surface area contributed by atoms with Crippen LogP contribution in [0.15, 0.2) is 0 Å². The Balaban J connectivity index is 2.52. The van der Waals surface area contributed by atoms with Crippen LogP contribution in [0.4, 0.5) is 4.79 Å². The molecule has 74 valence electrons. The summed E-state index contributed by atoms with van der Waals surface area (Å²) >= 11 is 0. The van der Waals surface area contributed by atoms with Crippen molar-refractivity contribution in [1.82, 2.24) is 4.90 Å². The van der Waals surface area contributed by atoms with E-state index in [1.807, 2.05) is 13.8 Å². The predicted molar refractivity (Wildman–Crippen MR) is 45.9 cm³/mol. The van der Waals surface area contributed by atoms with Crippen molar-refractivity contribution in [3.05, 3.63) is 0 Å². The molecule has 0 aromatic carbocycles. The van der Waals surface area contributed by atoms with Crippen molar-refractivity contribution in [2.75, 3.05) is 13.2 Å². The van der Waals surface area contributed by atoms with Crippen LogP contribution in [0, 0.1) is 5.92 Å². The third kappa shape index (κ3) is 2.18. The molecule has 0 saturated carbocycles. The van der Waals surface area contributed by atoms with Crippen molar-refractivity contribution in [2.45, 2.75) is 19.9 Å². The maximum absolute atomic E-state index is 11.1. The van der Waals surface area contributed by atoms with Crippen molar-refractivity contribution < 1.29 is 14.3 Å². The summed E-state index contributed by atoms with van der Waals surface area (Å²) in [7, 11) is 0. The number of carbonyl (C=O) groups excluding carboxylic acids is 2. The highest BCUT2D eigenvalue weighted by Crippen LogP contribution is 2.08. The summed E-state index contributed by atoms with van der Waals surface area (Å²) in [6.45, 7) is 3.98. The van der Waals surface area contributed by atoms with Gasteiger partial charge in [0.25, 0.3) is 5.91 Å². The molecule has 5 nitrogen and oxygen atoms in total. The second kappa shape index (κ2) is 3.74. The van der Waals surface area contributed by atoms with Crippen molar-refractivity contribution in [3.8, 4) is 0 Å². The molecule has 0 radical (unpaired) electrons. The minimum atomic E-state index is -0.582. The Kier molecular flexibility index (Phi) is 2.87. The molecule has 1 heterocycles. The molecule has 2 amide bonds. The second-order valence-corrected chi connectivity index (χ2v) is 3.47. The van der Waals surface area contributed by atoms with Gasteiger partial charge in [-0.05, 0) is 5.92 Å². The molecule has 1 fully saturated rings. The number of nitrogens with two attached hydrogens (primary N) is 1. The third-order valence-corrected chi connectivity index (χ3v) is 2.09. The molecule has 5 heteroatoms. The largest absolute Gasteiger partial charge is 0.439 e. The maximum atomic E-state index is 11.1. The fourth-order valence-corrected chi connectivity index (χ4v) is 0.979. The van der Waals surface area contributed by atoms with Crippen molar-refractivity contribution in [3.63, 3.8) is 0 Å². The summed E-state index contributed by atoms with van der Waals surface area (Å²) in [5.74, 6) is -0.0673. The number of ether oxygens (including phenoxy) is 1. The molecule has 13 heavy (non-hydrogen) atoms. The van der Waals surface area contributed by atoms with Gasteiger partial charge in [0.15, 0.2) is 6.61 Å². The van der Waals surface area contributed by atoms with Gasteiger partial charge in [-0.3, -0.25) is 4.79 Å². The highest BCUT2D eigenvalue weighted by molar-refractivity contribution is 5.97. The summed E-state index contributed by atoms with van der Waals surface area (Å²) in [6.07, 6.45) is -0.582. The van der Waals surface area contributed by atoms with Gasteiger partial charge in [0.1, 0.15) is 0 Å². The van der Waals surface area contributed by atoms with Gasteiger partial charge in [0, 0.05) is 12.6 Å². The lowest BCUT2D eigenvalue weighted by Crippen LogP contribution is -2.43. The van der Waals surface area contributed by atoms with Crippen molar-refractivity contribution in [2.24, 2.45) is 11.7 Å². The lowest BCUT2D eigenvalue weighted by molar-refractivity contribution is -0.126. The van der Waals surface area contributed by atoms with E-state index in [-0.39, 0.29) is 31.0 Å². The molecule has 0 aromatic rings. The van der Waals surface area contributed by atoms with Gasteiger partial charge in [-0.25, -0.2) is 9.69 Å². The zero-order chi connectivity index (χ0) is 10.0. The van der Waals surface area contributed by atoms with Crippen LogP contribution in [0.25, 0.3) is 0 Å². The first-order valence-corrected chi connectivity index (χ1v) is 4.25. The molecule has 1 atom stereocenters. The lowest BCUT2D eigenvalue weighted by atomic mass is 10.1.